The number of hydrogen-bond acceptors (Lipinski definition) is 3. The average molecular weight is 372 g/mol. The van der Waals surface area contributed by atoms with Crippen molar-refractivity contribution in [2.24, 2.45) is 11.8 Å². The molecule has 0 unspecified atom stereocenters. The molecule has 1 aliphatic carbocycles. The maximum Gasteiger partial charge on any atom is 0.315 e. The van der Waals surface area contributed by atoms with Crippen LogP contribution in [0.15, 0.2) is 91.0 Å². The van der Waals surface area contributed by atoms with Gasteiger partial charge in [0, 0.05) is 11.8 Å². The number of aliphatic carboxylic acids is 1. The van der Waals surface area contributed by atoms with Crippen LogP contribution in [0.1, 0.15) is 23.0 Å². The van der Waals surface area contributed by atoms with Crippen LogP contribution < -0.4 is 4.74 Å². The molecule has 0 aromatic heterocycles. The normalized spacial score (nSPS) is 23.4. The molecule has 0 amide bonds. The molecule has 2 atom stereocenters. The second-order valence-electron chi connectivity index (χ2n) is 7.00. The summed E-state index contributed by atoms with van der Waals surface area (Å²) in [5, 5.41) is 9.93. The van der Waals surface area contributed by atoms with Gasteiger partial charge in [-0.25, -0.2) is 0 Å². The van der Waals surface area contributed by atoms with Gasteiger partial charge in [0.2, 0.25) is 0 Å². The Morgan fingerprint density at radius 3 is 1.50 bits per heavy atom. The lowest BCUT2D eigenvalue weighted by molar-refractivity contribution is -0.158. The number of para-hydroxylation sites is 1. The predicted molar refractivity (Wildman–Crippen MR) is 105 cm³/mol. The lowest BCUT2D eigenvalue weighted by Gasteiger charge is -2.48. The second-order valence-corrected chi connectivity index (χ2v) is 7.00. The van der Waals surface area contributed by atoms with Crippen molar-refractivity contribution in [3.63, 3.8) is 0 Å². The molecule has 0 spiro atoms. The molecule has 3 aromatic carbocycles. The van der Waals surface area contributed by atoms with Gasteiger partial charge in [-0.05, 0) is 23.3 Å². The summed E-state index contributed by atoms with van der Waals surface area (Å²) in [6.45, 7) is 0. The van der Waals surface area contributed by atoms with E-state index < -0.39 is 35.6 Å². The van der Waals surface area contributed by atoms with Crippen LogP contribution in [-0.4, -0.2) is 17.0 Å². The molecule has 4 heteroatoms. The van der Waals surface area contributed by atoms with Gasteiger partial charge in [0.15, 0.2) is 0 Å². The molecule has 1 fully saturated rings. The van der Waals surface area contributed by atoms with E-state index in [0.717, 1.165) is 11.1 Å². The largest absolute Gasteiger partial charge is 0.481 e. The van der Waals surface area contributed by atoms with Gasteiger partial charge < -0.3 is 9.84 Å². The van der Waals surface area contributed by atoms with Gasteiger partial charge >= 0.3 is 11.9 Å². The van der Waals surface area contributed by atoms with Gasteiger partial charge in [0.1, 0.15) is 5.75 Å². The third-order valence-corrected chi connectivity index (χ3v) is 5.44. The van der Waals surface area contributed by atoms with Gasteiger partial charge in [0.05, 0.1) is 11.8 Å². The Morgan fingerprint density at radius 2 is 1.07 bits per heavy atom. The molecule has 4 rings (SSSR count). The minimum atomic E-state index is -0.897. The minimum absolute atomic E-state index is 0.397. The van der Waals surface area contributed by atoms with Gasteiger partial charge in [-0.1, -0.05) is 78.9 Å². The molecule has 0 bridgehead atoms. The van der Waals surface area contributed by atoms with E-state index in [-0.39, 0.29) is 0 Å². The Kier molecular flexibility index (Phi) is 4.94. The lowest BCUT2D eigenvalue weighted by Crippen LogP contribution is -2.52. The summed E-state index contributed by atoms with van der Waals surface area (Å²) < 4.78 is 5.62. The average Bonchev–Trinajstić information content (AvgIpc) is 2.69. The monoisotopic (exact) mass is 372 g/mol. The highest BCUT2D eigenvalue weighted by molar-refractivity contribution is 5.85. The molecule has 0 heterocycles. The Balaban J connectivity index is 1.73. The van der Waals surface area contributed by atoms with Crippen molar-refractivity contribution in [2.75, 3.05) is 0 Å². The molecule has 0 radical (unpaired) electrons. The van der Waals surface area contributed by atoms with Crippen LogP contribution in [0, 0.1) is 11.8 Å². The zero-order valence-electron chi connectivity index (χ0n) is 15.1. The maximum absolute atomic E-state index is 13.1. The number of ether oxygens (including phenoxy) is 1. The van der Waals surface area contributed by atoms with Gasteiger partial charge in [-0.3, -0.25) is 9.59 Å². The molecule has 0 aliphatic heterocycles. The fraction of sp³-hybridized carbons (Fsp3) is 0.167. The van der Waals surface area contributed by atoms with Crippen molar-refractivity contribution in [2.45, 2.75) is 11.8 Å². The number of carbonyl (C=O) groups excluding carboxylic acids is 1. The first-order chi connectivity index (χ1) is 13.7. The van der Waals surface area contributed by atoms with Crippen molar-refractivity contribution < 1.29 is 19.4 Å². The number of esters is 1. The van der Waals surface area contributed by atoms with E-state index in [4.69, 9.17) is 4.74 Å². The fourth-order valence-corrected chi connectivity index (χ4v) is 4.20. The summed E-state index contributed by atoms with van der Waals surface area (Å²) in [5.74, 6) is -2.94. The quantitative estimate of drug-likeness (QED) is 0.529. The van der Waals surface area contributed by atoms with Gasteiger partial charge in [-0.2, -0.15) is 0 Å². The number of carboxylic acid groups (broad SMARTS) is 1. The molecule has 3 aromatic rings. The number of rotatable bonds is 5. The van der Waals surface area contributed by atoms with E-state index in [1.54, 1.807) is 24.3 Å². The summed E-state index contributed by atoms with van der Waals surface area (Å²) in [7, 11) is 0. The molecular formula is C24H20O4. The highest BCUT2D eigenvalue weighted by Gasteiger charge is 2.59. The molecule has 1 saturated carbocycles. The van der Waals surface area contributed by atoms with Gasteiger partial charge in [-0.15, -0.1) is 0 Å². The smallest absolute Gasteiger partial charge is 0.315 e. The minimum Gasteiger partial charge on any atom is -0.481 e. The van der Waals surface area contributed by atoms with Gasteiger partial charge in [0.25, 0.3) is 0 Å². The first-order valence-corrected chi connectivity index (χ1v) is 9.26. The number of benzene rings is 3. The van der Waals surface area contributed by atoms with Crippen LogP contribution in [0.3, 0.4) is 0 Å². The summed E-state index contributed by atoms with van der Waals surface area (Å²) in [4.78, 5) is 25.2. The van der Waals surface area contributed by atoms with Crippen molar-refractivity contribution in [3.05, 3.63) is 102 Å². The zero-order chi connectivity index (χ0) is 19.5. The highest BCUT2D eigenvalue weighted by Crippen LogP contribution is 2.58. The van der Waals surface area contributed by atoms with Crippen LogP contribution in [0.4, 0.5) is 0 Å². The predicted octanol–water partition coefficient (Wildman–Crippen LogP) is 4.49. The first kappa shape index (κ1) is 18.0. The van der Waals surface area contributed by atoms with Crippen molar-refractivity contribution in [1.29, 1.82) is 0 Å². The van der Waals surface area contributed by atoms with E-state index in [1.165, 1.54) is 0 Å². The summed E-state index contributed by atoms with van der Waals surface area (Å²) >= 11 is 0. The van der Waals surface area contributed by atoms with Crippen LogP contribution in [-0.2, 0) is 9.59 Å². The Bertz CT molecular complexity index is 906. The Morgan fingerprint density at radius 1 is 0.643 bits per heavy atom. The van der Waals surface area contributed by atoms with Crippen molar-refractivity contribution in [1.82, 2.24) is 0 Å². The molecule has 1 aliphatic rings. The van der Waals surface area contributed by atoms with Crippen molar-refractivity contribution >= 4 is 11.9 Å². The number of carboxylic acids is 1. The second kappa shape index (κ2) is 7.69. The van der Waals surface area contributed by atoms with Crippen LogP contribution in [0.2, 0.25) is 0 Å². The standard InChI is InChI=1S/C24H20O4/c25-23(26)21-19(16-10-4-1-5-11-16)22(20(21)17-12-6-2-7-13-17)24(27)28-18-14-8-3-9-15-18/h1-15,19-22H,(H,25,26)/t19-,20-,21-,22-/m1/s1. The molecule has 140 valence electrons. The van der Waals surface area contributed by atoms with E-state index >= 15 is 0 Å². The number of hydrogen-bond donors (Lipinski definition) is 1. The van der Waals surface area contributed by atoms with Crippen LogP contribution in [0.5, 0.6) is 5.75 Å². The third-order valence-electron chi connectivity index (χ3n) is 5.44. The van der Waals surface area contributed by atoms with Crippen LogP contribution >= 0.6 is 0 Å². The Labute approximate surface area is 163 Å². The first-order valence-electron chi connectivity index (χ1n) is 9.26. The molecule has 1 N–H and O–H groups in total. The van der Waals surface area contributed by atoms with E-state index in [1.807, 2.05) is 66.7 Å². The highest BCUT2D eigenvalue weighted by atomic mass is 16.5. The van der Waals surface area contributed by atoms with E-state index in [0.29, 0.717) is 5.75 Å². The topological polar surface area (TPSA) is 63.6 Å². The summed E-state index contributed by atoms with van der Waals surface area (Å²) in [6, 6.07) is 27.6. The maximum atomic E-state index is 13.1. The molecular weight excluding hydrogens is 352 g/mol. The third kappa shape index (κ3) is 3.29. The lowest BCUT2D eigenvalue weighted by atomic mass is 9.52. The molecule has 0 saturated heterocycles. The summed E-state index contributed by atoms with van der Waals surface area (Å²) in [5.41, 5.74) is 1.69. The van der Waals surface area contributed by atoms with E-state index in [9.17, 15) is 14.7 Å². The van der Waals surface area contributed by atoms with E-state index in [2.05, 4.69) is 0 Å². The SMILES string of the molecule is O=C(O)[C@H]1[C@@H](c2ccccc2)[C@H](C(=O)Oc2ccccc2)[C@@H]1c1ccccc1. The summed E-state index contributed by atoms with van der Waals surface area (Å²) in [6.07, 6.45) is 0. The number of carbonyl (C=O) groups is 2. The zero-order valence-corrected chi connectivity index (χ0v) is 15.1. The fourth-order valence-electron chi connectivity index (χ4n) is 4.20. The Hall–Kier alpha value is -3.40. The molecule has 28 heavy (non-hydrogen) atoms. The van der Waals surface area contributed by atoms with Crippen LogP contribution in [0.25, 0.3) is 0 Å². The molecule has 4 nitrogen and oxygen atoms in total. The van der Waals surface area contributed by atoms with Crippen molar-refractivity contribution in [3.8, 4) is 5.75 Å².